The molecule has 136 valence electrons. The molecule has 0 unspecified atom stereocenters. The van der Waals surface area contributed by atoms with E-state index in [0.717, 1.165) is 6.07 Å². The second-order valence-corrected chi connectivity index (χ2v) is 6.60. The van der Waals surface area contributed by atoms with Crippen LogP contribution in [0.1, 0.15) is 5.56 Å². The van der Waals surface area contributed by atoms with Gasteiger partial charge < -0.3 is 4.98 Å². The van der Waals surface area contributed by atoms with Gasteiger partial charge in [-0.25, -0.2) is 8.78 Å². The normalized spacial score (nSPS) is 10.8. The molecule has 4 rings (SSSR count). The fourth-order valence-corrected chi connectivity index (χ4v) is 3.38. The molecule has 3 aromatic carbocycles. The number of hydrogen-bond acceptors (Lipinski definition) is 2. The van der Waals surface area contributed by atoms with E-state index in [-0.39, 0.29) is 22.2 Å². The summed E-state index contributed by atoms with van der Waals surface area (Å²) in [4.78, 5) is 15.5. The molecule has 0 fully saturated rings. The maximum absolute atomic E-state index is 15.1. The fraction of sp³-hybridized carbons (Fsp3) is 0. The maximum atomic E-state index is 15.1. The van der Waals surface area contributed by atoms with Gasteiger partial charge in [0.25, 0.3) is 0 Å². The lowest BCUT2D eigenvalue weighted by Gasteiger charge is -2.11. The lowest BCUT2D eigenvalue weighted by molar-refractivity contribution is 0.597. The van der Waals surface area contributed by atoms with Gasteiger partial charge in [-0.2, -0.15) is 5.26 Å². The number of hydrogen-bond donors (Lipinski definition) is 1. The summed E-state index contributed by atoms with van der Waals surface area (Å²) < 4.78 is 29.8. The van der Waals surface area contributed by atoms with Crippen LogP contribution in [0.2, 0.25) is 5.02 Å². The predicted molar refractivity (Wildman–Crippen MR) is 105 cm³/mol. The Morgan fingerprint density at radius 3 is 2.46 bits per heavy atom. The number of H-pyrrole nitrogens is 1. The Morgan fingerprint density at radius 2 is 1.75 bits per heavy atom. The first-order valence-corrected chi connectivity index (χ1v) is 8.68. The van der Waals surface area contributed by atoms with Crippen molar-refractivity contribution in [2.75, 3.05) is 0 Å². The molecular weight excluding hydrogens is 382 g/mol. The van der Waals surface area contributed by atoms with Gasteiger partial charge in [0.2, 0.25) is 0 Å². The SMILES string of the molecule is N#Cc1ccc(Cl)c(-c2cc(=O)c3c(F)c(-c4ccccc4)c(F)cc3[nH]2)c1. The first kappa shape index (κ1) is 17.9. The zero-order valence-electron chi connectivity index (χ0n) is 14.3. The van der Waals surface area contributed by atoms with E-state index in [0.29, 0.717) is 21.7 Å². The van der Waals surface area contributed by atoms with E-state index >= 15 is 4.39 Å². The first-order valence-electron chi connectivity index (χ1n) is 8.30. The van der Waals surface area contributed by atoms with Crippen molar-refractivity contribution in [3.8, 4) is 28.5 Å². The van der Waals surface area contributed by atoms with Gasteiger partial charge in [0.1, 0.15) is 11.6 Å². The second-order valence-electron chi connectivity index (χ2n) is 6.19. The fourth-order valence-electron chi connectivity index (χ4n) is 3.16. The number of nitrogens with one attached hydrogen (secondary N) is 1. The number of nitriles is 1. The van der Waals surface area contributed by atoms with E-state index in [4.69, 9.17) is 16.9 Å². The van der Waals surface area contributed by atoms with Crippen LogP contribution in [0.5, 0.6) is 0 Å². The molecule has 0 aliphatic rings. The molecule has 3 nitrogen and oxygen atoms in total. The Bertz CT molecular complexity index is 1320. The Labute approximate surface area is 163 Å². The number of pyridine rings is 1. The molecule has 0 aliphatic heterocycles. The van der Waals surface area contributed by atoms with E-state index in [9.17, 15) is 9.18 Å². The van der Waals surface area contributed by atoms with Crippen molar-refractivity contribution in [2.24, 2.45) is 0 Å². The van der Waals surface area contributed by atoms with Crippen molar-refractivity contribution in [2.45, 2.75) is 0 Å². The summed E-state index contributed by atoms with van der Waals surface area (Å²) in [5.41, 5.74) is 0.492. The van der Waals surface area contributed by atoms with Crippen molar-refractivity contribution in [1.29, 1.82) is 5.26 Å². The summed E-state index contributed by atoms with van der Waals surface area (Å²) >= 11 is 6.18. The maximum Gasteiger partial charge on any atom is 0.193 e. The van der Waals surface area contributed by atoms with Crippen molar-refractivity contribution in [3.63, 3.8) is 0 Å². The Kier molecular flexibility index (Phi) is 4.42. The van der Waals surface area contributed by atoms with E-state index in [1.807, 2.05) is 6.07 Å². The van der Waals surface area contributed by atoms with Crippen LogP contribution >= 0.6 is 11.6 Å². The molecule has 0 saturated carbocycles. The molecule has 1 heterocycles. The van der Waals surface area contributed by atoms with Gasteiger partial charge in [0.05, 0.1) is 33.8 Å². The van der Waals surface area contributed by atoms with Gasteiger partial charge >= 0.3 is 0 Å². The number of rotatable bonds is 2. The van der Waals surface area contributed by atoms with Gasteiger partial charge in [-0.1, -0.05) is 41.9 Å². The van der Waals surface area contributed by atoms with E-state index < -0.39 is 17.1 Å². The van der Waals surface area contributed by atoms with Crippen molar-refractivity contribution < 1.29 is 8.78 Å². The van der Waals surface area contributed by atoms with Gasteiger partial charge in [0, 0.05) is 16.7 Å². The van der Waals surface area contributed by atoms with Gasteiger partial charge in [-0.15, -0.1) is 0 Å². The number of aromatic amines is 1. The number of halogens is 3. The lowest BCUT2D eigenvalue weighted by atomic mass is 10.00. The summed E-state index contributed by atoms with van der Waals surface area (Å²) in [6.07, 6.45) is 0. The molecule has 0 atom stereocenters. The van der Waals surface area contributed by atoms with Crippen LogP contribution < -0.4 is 5.43 Å². The van der Waals surface area contributed by atoms with Crippen LogP contribution in [0.15, 0.2) is 65.5 Å². The highest BCUT2D eigenvalue weighted by Crippen LogP contribution is 2.32. The van der Waals surface area contributed by atoms with E-state index in [1.165, 1.54) is 24.3 Å². The lowest BCUT2D eigenvalue weighted by Crippen LogP contribution is -2.07. The van der Waals surface area contributed by atoms with Gasteiger partial charge in [-0.3, -0.25) is 4.79 Å². The molecule has 1 N–H and O–H groups in total. The second kappa shape index (κ2) is 6.91. The van der Waals surface area contributed by atoms with Crippen LogP contribution in [0.4, 0.5) is 8.78 Å². The van der Waals surface area contributed by atoms with Crippen LogP contribution in [0.25, 0.3) is 33.3 Å². The molecule has 0 radical (unpaired) electrons. The minimum atomic E-state index is -0.925. The highest BCUT2D eigenvalue weighted by molar-refractivity contribution is 6.33. The van der Waals surface area contributed by atoms with Crippen molar-refractivity contribution in [3.05, 3.63) is 93.1 Å². The largest absolute Gasteiger partial charge is 0.354 e. The molecule has 0 saturated heterocycles. The summed E-state index contributed by atoms with van der Waals surface area (Å²) in [7, 11) is 0. The number of fused-ring (bicyclic) bond motifs is 1. The zero-order valence-corrected chi connectivity index (χ0v) is 15.0. The van der Waals surface area contributed by atoms with Crippen molar-refractivity contribution in [1.82, 2.24) is 4.98 Å². The van der Waals surface area contributed by atoms with Gasteiger partial charge in [0.15, 0.2) is 5.43 Å². The Balaban J connectivity index is 2.00. The molecule has 4 aromatic rings. The number of nitrogens with zero attached hydrogens (tertiary/aromatic N) is 1. The van der Waals surface area contributed by atoms with Crippen LogP contribution in [0, 0.1) is 23.0 Å². The van der Waals surface area contributed by atoms with E-state index in [1.54, 1.807) is 30.3 Å². The van der Waals surface area contributed by atoms with E-state index in [2.05, 4.69) is 4.98 Å². The molecule has 0 bridgehead atoms. The monoisotopic (exact) mass is 392 g/mol. The van der Waals surface area contributed by atoms with Crippen LogP contribution in [-0.4, -0.2) is 4.98 Å². The molecule has 1 aromatic heterocycles. The Morgan fingerprint density at radius 1 is 1.00 bits per heavy atom. The highest BCUT2D eigenvalue weighted by atomic mass is 35.5. The standard InChI is InChI=1S/C22H11ClF2N2O/c23-15-7-6-12(11-26)8-14(15)17-10-19(28)21-18(27-17)9-16(24)20(22(21)25)13-4-2-1-3-5-13/h1-10H,(H,27,28). The summed E-state index contributed by atoms with van der Waals surface area (Å²) in [5.74, 6) is -1.72. The first-order chi connectivity index (χ1) is 13.5. The molecule has 6 heteroatoms. The minimum absolute atomic E-state index is 0.00982. The van der Waals surface area contributed by atoms with Crippen LogP contribution in [-0.2, 0) is 0 Å². The third-order valence-corrected chi connectivity index (χ3v) is 4.79. The van der Waals surface area contributed by atoms with Gasteiger partial charge in [-0.05, 0) is 29.8 Å². The predicted octanol–water partition coefficient (Wildman–Crippen LogP) is 5.67. The highest BCUT2D eigenvalue weighted by Gasteiger charge is 2.19. The van der Waals surface area contributed by atoms with Crippen molar-refractivity contribution >= 4 is 22.5 Å². The summed E-state index contributed by atoms with van der Waals surface area (Å²) in [6, 6.07) is 17.0. The average molecular weight is 393 g/mol. The quantitative estimate of drug-likeness (QED) is 0.478. The zero-order chi connectivity index (χ0) is 19.8. The molecule has 0 amide bonds. The molecule has 0 aliphatic carbocycles. The van der Waals surface area contributed by atoms with Crippen LogP contribution in [0.3, 0.4) is 0 Å². The summed E-state index contributed by atoms with van der Waals surface area (Å²) in [5, 5.41) is 9.14. The Hall–Kier alpha value is -3.49. The summed E-state index contributed by atoms with van der Waals surface area (Å²) in [6.45, 7) is 0. The molecule has 28 heavy (non-hydrogen) atoms. The minimum Gasteiger partial charge on any atom is -0.354 e. The third-order valence-electron chi connectivity index (χ3n) is 4.46. The molecule has 0 spiro atoms. The smallest absolute Gasteiger partial charge is 0.193 e. The number of benzene rings is 3. The molecular formula is C22H11ClF2N2O. The number of aromatic nitrogens is 1. The third kappa shape index (κ3) is 2.94. The topological polar surface area (TPSA) is 56.6 Å². The average Bonchev–Trinajstić information content (AvgIpc) is 2.68.